The smallest absolute Gasteiger partial charge is 0.126 e. The summed E-state index contributed by atoms with van der Waals surface area (Å²) in [5.74, 6) is -2.66. The van der Waals surface area contributed by atoms with E-state index in [2.05, 4.69) is 77.4 Å². The van der Waals surface area contributed by atoms with Gasteiger partial charge < -0.3 is 4.57 Å². The molecule has 9 aromatic rings. The van der Waals surface area contributed by atoms with Gasteiger partial charge in [-0.25, -0.2) is 17.6 Å². The summed E-state index contributed by atoms with van der Waals surface area (Å²) in [6.07, 6.45) is 0. The highest BCUT2D eigenvalue weighted by Crippen LogP contribution is 2.41. The molecule has 0 unspecified atom stereocenters. The van der Waals surface area contributed by atoms with Crippen LogP contribution in [0.25, 0.3) is 83.1 Å². The van der Waals surface area contributed by atoms with E-state index >= 15 is 0 Å². The van der Waals surface area contributed by atoms with E-state index in [9.17, 15) is 17.6 Å². The van der Waals surface area contributed by atoms with Gasteiger partial charge in [0.15, 0.2) is 0 Å². The van der Waals surface area contributed by atoms with E-state index in [1.165, 1.54) is 24.3 Å². The van der Waals surface area contributed by atoms with Gasteiger partial charge >= 0.3 is 0 Å². The first-order valence-corrected chi connectivity index (χ1v) is 17.3. The topological polar surface area (TPSA) is 4.93 Å². The van der Waals surface area contributed by atoms with Gasteiger partial charge in [0.2, 0.25) is 0 Å². The molecule has 1 aromatic heterocycles. The Bertz CT molecular complexity index is 2690. The van der Waals surface area contributed by atoms with Gasteiger partial charge in [-0.3, -0.25) is 0 Å². The lowest BCUT2D eigenvalue weighted by Crippen LogP contribution is -1.97. The van der Waals surface area contributed by atoms with Gasteiger partial charge in [-0.2, -0.15) is 0 Å². The monoisotopic (exact) mass is 695 g/mol. The molecule has 0 bridgehead atoms. The lowest BCUT2D eigenvalue weighted by molar-refractivity contribution is 0.583. The zero-order chi connectivity index (χ0) is 36.1. The fraction of sp³-hybridized carbons (Fsp3) is 0. The molecule has 254 valence electrons. The van der Waals surface area contributed by atoms with Crippen LogP contribution in [0.3, 0.4) is 0 Å². The van der Waals surface area contributed by atoms with Gasteiger partial charge in [-0.1, -0.05) is 103 Å². The van der Waals surface area contributed by atoms with Crippen LogP contribution in [0, 0.1) is 23.3 Å². The molecule has 53 heavy (non-hydrogen) atoms. The Hall–Kier alpha value is -6.72. The zero-order valence-electron chi connectivity index (χ0n) is 28.2. The Kier molecular flexibility index (Phi) is 7.97. The van der Waals surface area contributed by atoms with Crippen molar-refractivity contribution in [3.63, 3.8) is 0 Å². The molecule has 0 saturated carbocycles. The van der Waals surface area contributed by atoms with E-state index < -0.39 is 23.3 Å². The van der Waals surface area contributed by atoms with Crippen molar-refractivity contribution in [3.05, 3.63) is 199 Å². The van der Waals surface area contributed by atoms with Crippen LogP contribution in [-0.2, 0) is 0 Å². The fourth-order valence-electron chi connectivity index (χ4n) is 7.45. The molecule has 0 saturated heterocycles. The number of rotatable bonds is 6. The average Bonchev–Trinajstić information content (AvgIpc) is 3.50. The highest BCUT2D eigenvalue weighted by atomic mass is 19.1. The van der Waals surface area contributed by atoms with Gasteiger partial charge in [-0.05, 0) is 111 Å². The van der Waals surface area contributed by atoms with Gasteiger partial charge in [0.1, 0.15) is 23.3 Å². The molecule has 0 aliphatic heterocycles. The van der Waals surface area contributed by atoms with E-state index in [1.54, 1.807) is 0 Å². The first-order chi connectivity index (χ1) is 25.9. The molecule has 0 aliphatic carbocycles. The standard InChI is InChI=1S/C48H29F4N/c49-37-22-35(23-38(50)28-37)31-17-19-47-44(26-31)45-27-32(36-24-39(51)29-40(52)25-36)18-20-48(45)53(47)46-16-7-6-15-43(46)34-12-8-11-33(21-34)42-14-5-4-13-41(42)30-9-2-1-3-10-30/h1-29H. The third kappa shape index (κ3) is 5.96. The predicted octanol–water partition coefficient (Wildman–Crippen LogP) is 13.7. The van der Waals surface area contributed by atoms with Crippen molar-refractivity contribution in [2.75, 3.05) is 0 Å². The third-order valence-corrected chi connectivity index (χ3v) is 9.80. The molecular weight excluding hydrogens is 667 g/mol. The molecule has 0 fully saturated rings. The van der Waals surface area contributed by atoms with Crippen molar-refractivity contribution < 1.29 is 17.6 Å². The summed E-state index contributed by atoms with van der Waals surface area (Å²) in [4.78, 5) is 0. The number of benzene rings is 8. The summed E-state index contributed by atoms with van der Waals surface area (Å²) in [7, 11) is 0. The van der Waals surface area contributed by atoms with Crippen LogP contribution in [0.5, 0.6) is 0 Å². The van der Waals surface area contributed by atoms with Crippen LogP contribution >= 0.6 is 0 Å². The number of fused-ring (bicyclic) bond motifs is 3. The van der Waals surface area contributed by atoms with Crippen molar-refractivity contribution in [1.82, 2.24) is 4.57 Å². The average molecular weight is 696 g/mol. The van der Waals surface area contributed by atoms with Crippen molar-refractivity contribution in [1.29, 1.82) is 0 Å². The summed E-state index contributed by atoms with van der Waals surface area (Å²) in [6.45, 7) is 0. The van der Waals surface area contributed by atoms with Crippen LogP contribution in [-0.4, -0.2) is 4.57 Å². The summed E-state index contributed by atoms with van der Waals surface area (Å²) in [5.41, 5.74) is 11.2. The largest absolute Gasteiger partial charge is 0.309 e. The lowest BCUT2D eigenvalue weighted by Gasteiger charge is -2.16. The lowest BCUT2D eigenvalue weighted by atomic mass is 9.92. The van der Waals surface area contributed by atoms with Crippen LogP contribution in [0.15, 0.2) is 176 Å². The van der Waals surface area contributed by atoms with Gasteiger partial charge in [0, 0.05) is 28.5 Å². The molecule has 8 aromatic carbocycles. The Morgan fingerprint density at radius 2 is 0.717 bits per heavy atom. The van der Waals surface area contributed by atoms with E-state index in [0.29, 0.717) is 22.3 Å². The van der Waals surface area contributed by atoms with E-state index in [-0.39, 0.29) is 0 Å². The third-order valence-electron chi connectivity index (χ3n) is 9.80. The first-order valence-electron chi connectivity index (χ1n) is 17.3. The first kappa shape index (κ1) is 32.2. The molecular formula is C48H29F4N. The highest BCUT2D eigenvalue weighted by Gasteiger charge is 2.19. The maximum atomic E-state index is 14.4. The second-order valence-electron chi connectivity index (χ2n) is 13.1. The maximum absolute atomic E-state index is 14.4. The van der Waals surface area contributed by atoms with Crippen LogP contribution in [0.4, 0.5) is 17.6 Å². The normalized spacial score (nSPS) is 11.4. The van der Waals surface area contributed by atoms with Crippen molar-refractivity contribution in [2.45, 2.75) is 0 Å². The Morgan fingerprint density at radius 3 is 1.26 bits per heavy atom. The van der Waals surface area contributed by atoms with E-state index in [1.807, 2.05) is 66.7 Å². The number of halogens is 4. The fourth-order valence-corrected chi connectivity index (χ4v) is 7.45. The molecule has 1 heterocycles. The number of para-hydroxylation sites is 1. The minimum absolute atomic E-state index is 0.404. The number of hydrogen-bond acceptors (Lipinski definition) is 0. The summed E-state index contributed by atoms with van der Waals surface area (Å²) in [6, 6.07) is 53.8. The quantitative estimate of drug-likeness (QED) is 0.153. The van der Waals surface area contributed by atoms with E-state index in [4.69, 9.17) is 0 Å². The predicted molar refractivity (Wildman–Crippen MR) is 208 cm³/mol. The SMILES string of the molecule is Fc1cc(F)cc(-c2ccc3c(c2)c2cc(-c4cc(F)cc(F)c4)ccc2n3-c2ccccc2-c2cccc(-c3ccccc3-c3ccccc3)c2)c1. The van der Waals surface area contributed by atoms with Gasteiger partial charge in [0.25, 0.3) is 0 Å². The summed E-state index contributed by atoms with van der Waals surface area (Å²) in [5, 5.41) is 1.64. The van der Waals surface area contributed by atoms with Crippen LogP contribution in [0.1, 0.15) is 0 Å². The minimum atomic E-state index is -0.666. The molecule has 9 rings (SSSR count). The molecule has 0 atom stereocenters. The second kappa shape index (κ2) is 13.1. The molecule has 5 heteroatoms. The zero-order valence-corrected chi connectivity index (χ0v) is 28.2. The summed E-state index contributed by atoms with van der Waals surface area (Å²) < 4.78 is 59.6. The molecule has 1 nitrogen and oxygen atoms in total. The van der Waals surface area contributed by atoms with Gasteiger partial charge in [0.05, 0.1) is 16.7 Å². The molecule has 0 radical (unpaired) electrons. The molecule has 0 amide bonds. The Balaban J connectivity index is 1.26. The number of nitrogens with zero attached hydrogens (tertiary/aromatic N) is 1. The summed E-state index contributed by atoms with van der Waals surface area (Å²) >= 11 is 0. The van der Waals surface area contributed by atoms with Crippen molar-refractivity contribution >= 4 is 21.8 Å². The highest BCUT2D eigenvalue weighted by molar-refractivity contribution is 6.12. The minimum Gasteiger partial charge on any atom is -0.309 e. The Morgan fingerprint density at radius 1 is 0.283 bits per heavy atom. The van der Waals surface area contributed by atoms with Crippen molar-refractivity contribution in [3.8, 4) is 61.3 Å². The number of aromatic nitrogens is 1. The maximum Gasteiger partial charge on any atom is 0.126 e. The molecule has 0 aliphatic rings. The van der Waals surface area contributed by atoms with Gasteiger partial charge in [-0.15, -0.1) is 0 Å². The Labute approximate surface area is 303 Å². The molecule has 0 N–H and O–H groups in total. The van der Waals surface area contributed by atoms with E-state index in [0.717, 1.165) is 73.0 Å². The number of hydrogen-bond donors (Lipinski definition) is 0. The molecule has 0 spiro atoms. The van der Waals surface area contributed by atoms with Crippen molar-refractivity contribution in [2.24, 2.45) is 0 Å². The van der Waals surface area contributed by atoms with Crippen LogP contribution < -0.4 is 0 Å². The second-order valence-corrected chi connectivity index (χ2v) is 13.1. The van der Waals surface area contributed by atoms with Crippen LogP contribution in [0.2, 0.25) is 0 Å².